The van der Waals surface area contributed by atoms with E-state index in [0.717, 1.165) is 11.3 Å². The molecule has 16 heavy (non-hydrogen) atoms. The summed E-state index contributed by atoms with van der Waals surface area (Å²) in [6.45, 7) is 0.273. The summed E-state index contributed by atoms with van der Waals surface area (Å²) in [7, 11) is 1.47. The van der Waals surface area contributed by atoms with E-state index in [4.69, 9.17) is 27.9 Å². The Morgan fingerprint density at radius 2 is 2.38 bits per heavy atom. The molecule has 1 unspecified atom stereocenters. The molecule has 0 fully saturated rings. The van der Waals surface area contributed by atoms with E-state index in [2.05, 4.69) is 5.32 Å². The van der Waals surface area contributed by atoms with E-state index in [1.807, 2.05) is 0 Å². The number of methoxy groups -OCH3 is 1. The first kappa shape index (κ1) is 13.7. The van der Waals surface area contributed by atoms with E-state index >= 15 is 0 Å². The average Bonchev–Trinajstić information content (AvgIpc) is 2.55. The summed E-state index contributed by atoms with van der Waals surface area (Å²) in [5, 5.41) is 11.9. The largest absolute Gasteiger partial charge is 0.389 e. The number of thiophene rings is 1. The van der Waals surface area contributed by atoms with Gasteiger partial charge in [0.1, 0.15) is 4.34 Å². The van der Waals surface area contributed by atoms with Gasteiger partial charge in [0.2, 0.25) is 0 Å². The van der Waals surface area contributed by atoms with E-state index in [1.165, 1.54) is 13.2 Å². The summed E-state index contributed by atoms with van der Waals surface area (Å²) >= 11 is 12.6. The second kappa shape index (κ2) is 6.42. The number of hydrogen-bond donors (Lipinski definition) is 2. The van der Waals surface area contributed by atoms with Crippen molar-refractivity contribution in [1.29, 1.82) is 0 Å². The van der Waals surface area contributed by atoms with Crippen molar-refractivity contribution in [2.75, 3.05) is 20.3 Å². The molecule has 2 N–H and O–H groups in total. The fourth-order valence-corrected chi connectivity index (χ4v) is 2.51. The number of aliphatic hydroxyl groups excluding tert-OH is 1. The van der Waals surface area contributed by atoms with Gasteiger partial charge in [-0.15, -0.1) is 11.3 Å². The van der Waals surface area contributed by atoms with Crippen LogP contribution in [0.3, 0.4) is 0 Å². The first-order chi connectivity index (χ1) is 7.54. The summed E-state index contributed by atoms with van der Waals surface area (Å²) in [5.74, 6) is -0.358. The Hall–Kier alpha value is -0.330. The van der Waals surface area contributed by atoms with Gasteiger partial charge < -0.3 is 15.2 Å². The third kappa shape index (κ3) is 3.92. The van der Waals surface area contributed by atoms with Gasteiger partial charge in [0, 0.05) is 13.7 Å². The molecule has 0 aliphatic rings. The van der Waals surface area contributed by atoms with Crippen LogP contribution in [0.5, 0.6) is 0 Å². The lowest BCUT2D eigenvalue weighted by Gasteiger charge is -2.10. The monoisotopic (exact) mass is 283 g/mol. The number of rotatable bonds is 5. The molecule has 0 spiro atoms. The van der Waals surface area contributed by atoms with Crippen molar-refractivity contribution in [2.45, 2.75) is 6.10 Å². The Bertz CT molecular complexity index is 370. The molecule has 1 aromatic rings. The highest BCUT2D eigenvalue weighted by Crippen LogP contribution is 2.30. The molecule has 1 aromatic heterocycles. The lowest BCUT2D eigenvalue weighted by Crippen LogP contribution is -2.34. The van der Waals surface area contributed by atoms with Gasteiger partial charge in [-0.3, -0.25) is 4.79 Å². The molecule has 0 saturated heterocycles. The molecule has 7 heteroatoms. The number of hydrogen-bond acceptors (Lipinski definition) is 4. The molecule has 0 aromatic carbocycles. The molecule has 1 heterocycles. The van der Waals surface area contributed by atoms with Crippen LogP contribution in [-0.2, 0) is 4.74 Å². The number of halogens is 2. The predicted molar refractivity (Wildman–Crippen MR) is 64.6 cm³/mol. The van der Waals surface area contributed by atoms with Crippen LogP contribution in [0, 0.1) is 0 Å². The van der Waals surface area contributed by atoms with Gasteiger partial charge in [0.15, 0.2) is 0 Å². The zero-order valence-corrected chi connectivity index (χ0v) is 10.8. The van der Waals surface area contributed by atoms with Gasteiger partial charge >= 0.3 is 0 Å². The molecule has 0 aliphatic carbocycles. The fraction of sp³-hybridized carbons (Fsp3) is 0.444. The Morgan fingerprint density at radius 1 is 1.69 bits per heavy atom. The minimum absolute atomic E-state index is 0.108. The normalized spacial score (nSPS) is 12.5. The molecule has 1 atom stereocenters. The van der Waals surface area contributed by atoms with Crippen molar-refractivity contribution >= 4 is 40.4 Å². The van der Waals surface area contributed by atoms with E-state index in [9.17, 15) is 9.90 Å². The van der Waals surface area contributed by atoms with Crippen LogP contribution in [0.15, 0.2) is 6.07 Å². The summed E-state index contributed by atoms with van der Waals surface area (Å²) in [5.41, 5.74) is 0.321. The van der Waals surface area contributed by atoms with E-state index < -0.39 is 6.10 Å². The zero-order valence-electron chi connectivity index (χ0n) is 8.50. The maximum absolute atomic E-state index is 11.6. The standard InChI is InChI=1S/C9H11Cl2NO3S/c1-15-4-5(13)3-12-9(14)6-2-7(10)16-8(6)11/h2,5,13H,3-4H2,1H3,(H,12,14). The van der Waals surface area contributed by atoms with E-state index in [1.54, 1.807) is 0 Å². The summed E-state index contributed by atoms with van der Waals surface area (Å²) < 4.78 is 5.51. The zero-order chi connectivity index (χ0) is 12.1. The van der Waals surface area contributed by atoms with Gasteiger partial charge in [0.05, 0.1) is 22.6 Å². The number of ether oxygens (including phenoxy) is 1. The van der Waals surface area contributed by atoms with Crippen molar-refractivity contribution in [1.82, 2.24) is 5.32 Å². The molecule has 4 nitrogen and oxygen atoms in total. The van der Waals surface area contributed by atoms with Gasteiger partial charge in [-0.2, -0.15) is 0 Å². The number of carbonyl (C=O) groups is 1. The molecule has 0 radical (unpaired) electrons. The SMILES string of the molecule is COCC(O)CNC(=O)c1cc(Cl)sc1Cl. The lowest BCUT2D eigenvalue weighted by atomic mass is 10.3. The van der Waals surface area contributed by atoms with Crippen LogP contribution in [-0.4, -0.2) is 37.4 Å². The van der Waals surface area contributed by atoms with E-state index in [-0.39, 0.29) is 19.1 Å². The second-order valence-electron chi connectivity index (χ2n) is 3.06. The minimum atomic E-state index is -0.734. The van der Waals surface area contributed by atoms with Gasteiger partial charge in [-0.05, 0) is 6.07 Å². The number of carbonyl (C=O) groups excluding carboxylic acids is 1. The fourth-order valence-electron chi connectivity index (χ4n) is 1.05. The van der Waals surface area contributed by atoms with Gasteiger partial charge in [0.25, 0.3) is 5.91 Å². The number of aliphatic hydroxyl groups is 1. The van der Waals surface area contributed by atoms with Crippen molar-refractivity contribution < 1.29 is 14.6 Å². The molecule has 90 valence electrons. The Morgan fingerprint density at radius 3 is 2.88 bits per heavy atom. The van der Waals surface area contributed by atoms with Gasteiger partial charge in [-0.1, -0.05) is 23.2 Å². The quantitative estimate of drug-likeness (QED) is 0.866. The third-order valence-electron chi connectivity index (χ3n) is 1.76. The van der Waals surface area contributed by atoms with Gasteiger partial charge in [-0.25, -0.2) is 0 Å². The summed E-state index contributed by atoms with van der Waals surface area (Å²) in [4.78, 5) is 11.6. The molecular weight excluding hydrogens is 273 g/mol. The Balaban J connectivity index is 2.50. The van der Waals surface area contributed by atoms with Crippen molar-refractivity contribution in [3.63, 3.8) is 0 Å². The molecular formula is C9H11Cl2NO3S. The maximum atomic E-state index is 11.6. The second-order valence-corrected chi connectivity index (χ2v) is 5.34. The van der Waals surface area contributed by atoms with Crippen molar-refractivity contribution in [2.24, 2.45) is 0 Å². The van der Waals surface area contributed by atoms with Crippen molar-refractivity contribution in [3.8, 4) is 0 Å². The topological polar surface area (TPSA) is 58.6 Å². The molecule has 0 bridgehead atoms. The highest BCUT2D eigenvalue weighted by Gasteiger charge is 2.15. The van der Waals surface area contributed by atoms with Crippen LogP contribution in [0.25, 0.3) is 0 Å². The van der Waals surface area contributed by atoms with Crippen LogP contribution in [0.2, 0.25) is 8.67 Å². The Kier molecular flexibility index (Phi) is 5.51. The summed E-state index contributed by atoms with van der Waals surface area (Å²) in [6.07, 6.45) is -0.734. The average molecular weight is 284 g/mol. The molecule has 0 saturated carbocycles. The van der Waals surface area contributed by atoms with Crippen LogP contribution in [0.1, 0.15) is 10.4 Å². The van der Waals surface area contributed by atoms with Crippen LogP contribution in [0.4, 0.5) is 0 Å². The molecule has 0 aliphatic heterocycles. The predicted octanol–water partition coefficient (Wildman–Crippen LogP) is 1.79. The first-order valence-electron chi connectivity index (χ1n) is 4.44. The minimum Gasteiger partial charge on any atom is -0.389 e. The van der Waals surface area contributed by atoms with E-state index in [0.29, 0.717) is 14.2 Å². The smallest absolute Gasteiger partial charge is 0.253 e. The third-order valence-corrected chi connectivity index (χ3v) is 3.25. The molecule has 1 amide bonds. The van der Waals surface area contributed by atoms with Crippen LogP contribution >= 0.6 is 34.5 Å². The molecule has 1 rings (SSSR count). The number of nitrogens with one attached hydrogen (secondary N) is 1. The summed E-state index contributed by atoms with van der Waals surface area (Å²) in [6, 6.07) is 1.49. The van der Waals surface area contributed by atoms with Crippen LogP contribution < -0.4 is 5.32 Å². The highest BCUT2D eigenvalue weighted by atomic mass is 35.5. The lowest BCUT2D eigenvalue weighted by molar-refractivity contribution is 0.0610. The number of amides is 1. The Labute approximate surface area is 107 Å². The maximum Gasteiger partial charge on any atom is 0.253 e. The highest BCUT2D eigenvalue weighted by molar-refractivity contribution is 7.20. The van der Waals surface area contributed by atoms with Crippen molar-refractivity contribution in [3.05, 3.63) is 20.3 Å². The first-order valence-corrected chi connectivity index (χ1v) is 6.02.